The summed E-state index contributed by atoms with van der Waals surface area (Å²) in [6, 6.07) is 0. The molecular formula is C4H11N3. The van der Waals surface area contributed by atoms with Crippen molar-refractivity contribution in [2.24, 2.45) is 16.5 Å². The highest BCUT2D eigenvalue weighted by Crippen LogP contribution is 1.71. The van der Waals surface area contributed by atoms with Crippen LogP contribution in [0.1, 0.15) is 6.92 Å². The summed E-state index contributed by atoms with van der Waals surface area (Å²) in [5, 5.41) is 0. The van der Waals surface area contributed by atoms with Crippen molar-refractivity contribution in [2.75, 3.05) is 7.05 Å². The van der Waals surface area contributed by atoms with Crippen molar-refractivity contribution in [1.82, 2.24) is 0 Å². The molecule has 0 aliphatic heterocycles. The minimum Gasteiger partial charge on any atom is -0.311 e. The van der Waals surface area contributed by atoms with Gasteiger partial charge in [-0.05, 0) is 6.92 Å². The second-order valence-corrected chi connectivity index (χ2v) is 1.39. The first kappa shape index (κ1) is 6.59. The van der Waals surface area contributed by atoms with Crippen LogP contribution in [0, 0.1) is 0 Å². The van der Waals surface area contributed by atoms with Crippen molar-refractivity contribution in [3.8, 4) is 0 Å². The van der Waals surface area contributed by atoms with E-state index in [-0.39, 0.29) is 6.17 Å². The van der Waals surface area contributed by atoms with Crippen LogP contribution in [-0.2, 0) is 0 Å². The summed E-state index contributed by atoms with van der Waals surface area (Å²) in [7, 11) is 1.67. The van der Waals surface area contributed by atoms with Gasteiger partial charge in [0.15, 0.2) is 0 Å². The summed E-state index contributed by atoms with van der Waals surface area (Å²) in [5.41, 5.74) is 11.2. The highest BCUT2D eigenvalue weighted by Gasteiger charge is 1.92. The van der Waals surface area contributed by atoms with Gasteiger partial charge in [0.2, 0.25) is 0 Å². The lowest BCUT2D eigenvalue weighted by atomic mass is 10.3. The van der Waals surface area contributed by atoms with Gasteiger partial charge in [-0.3, -0.25) is 4.99 Å². The molecule has 0 bridgehead atoms. The maximum absolute atomic E-state index is 5.19. The zero-order valence-electron chi connectivity index (χ0n) is 4.68. The summed E-state index contributed by atoms with van der Waals surface area (Å²) in [6.45, 7) is 1.80. The average Bonchev–Trinajstić information content (AvgIpc) is 1.65. The molecule has 0 aliphatic carbocycles. The predicted octanol–water partition coefficient (Wildman–Crippen LogP) is -0.679. The number of hydrogen-bond donors (Lipinski definition) is 2. The van der Waals surface area contributed by atoms with Crippen molar-refractivity contribution in [3.05, 3.63) is 0 Å². The number of aliphatic imine (C=N–C) groups is 1. The van der Waals surface area contributed by atoms with E-state index < -0.39 is 0 Å². The molecular weight excluding hydrogens is 90.1 g/mol. The predicted molar refractivity (Wildman–Crippen MR) is 31.2 cm³/mol. The van der Waals surface area contributed by atoms with Gasteiger partial charge in [0.05, 0.1) is 6.17 Å². The maximum Gasteiger partial charge on any atom is 0.0912 e. The highest BCUT2D eigenvalue weighted by molar-refractivity contribution is 5.86. The molecule has 0 heterocycles. The molecule has 0 unspecified atom stereocenters. The van der Waals surface area contributed by atoms with E-state index in [1.54, 1.807) is 14.0 Å². The third-order valence-corrected chi connectivity index (χ3v) is 0.835. The molecule has 0 saturated heterocycles. The van der Waals surface area contributed by atoms with E-state index in [1.807, 2.05) is 0 Å². The van der Waals surface area contributed by atoms with Crippen LogP contribution in [0.2, 0.25) is 0 Å². The minimum atomic E-state index is -0.384. The number of rotatable bonds is 1. The summed E-state index contributed by atoms with van der Waals surface area (Å²) in [5.74, 6) is 0. The fourth-order valence-corrected chi connectivity index (χ4v) is 0.149. The van der Waals surface area contributed by atoms with E-state index in [1.165, 1.54) is 0 Å². The minimum absolute atomic E-state index is 0.384. The molecule has 0 aromatic rings. The lowest BCUT2D eigenvalue weighted by Crippen LogP contribution is -2.37. The molecule has 0 aromatic carbocycles. The summed E-state index contributed by atoms with van der Waals surface area (Å²) < 4.78 is 0. The van der Waals surface area contributed by atoms with Crippen molar-refractivity contribution in [2.45, 2.75) is 13.1 Å². The zero-order valence-corrected chi connectivity index (χ0v) is 4.68. The molecule has 0 aliphatic rings. The smallest absolute Gasteiger partial charge is 0.0912 e. The second-order valence-electron chi connectivity index (χ2n) is 1.39. The molecule has 42 valence electrons. The van der Waals surface area contributed by atoms with Crippen molar-refractivity contribution >= 4 is 5.71 Å². The maximum atomic E-state index is 5.19. The Bertz CT molecular complexity index is 75.0. The van der Waals surface area contributed by atoms with E-state index in [4.69, 9.17) is 11.5 Å². The van der Waals surface area contributed by atoms with Gasteiger partial charge in [-0.15, -0.1) is 0 Å². The number of nitrogens with two attached hydrogens (primary N) is 2. The third-order valence-electron chi connectivity index (χ3n) is 0.835. The zero-order chi connectivity index (χ0) is 5.86. The topological polar surface area (TPSA) is 64.4 Å². The van der Waals surface area contributed by atoms with Crippen molar-refractivity contribution < 1.29 is 0 Å². The molecule has 0 saturated carbocycles. The molecule has 0 amide bonds. The van der Waals surface area contributed by atoms with Gasteiger partial charge in [0, 0.05) is 12.8 Å². The molecule has 0 aromatic heterocycles. The fourth-order valence-electron chi connectivity index (χ4n) is 0.149. The van der Waals surface area contributed by atoms with Crippen molar-refractivity contribution in [3.63, 3.8) is 0 Å². The van der Waals surface area contributed by atoms with E-state index >= 15 is 0 Å². The van der Waals surface area contributed by atoms with Gasteiger partial charge >= 0.3 is 0 Å². The summed E-state index contributed by atoms with van der Waals surface area (Å²) in [6.07, 6.45) is -0.384. The van der Waals surface area contributed by atoms with Crippen LogP contribution in [0.5, 0.6) is 0 Å². The second kappa shape index (κ2) is 2.71. The Morgan fingerprint density at radius 2 is 2.00 bits per heavy atom. The van der Waals surface area contributed by atoms with Crippen LogP contribution >= 0.6 is 0 Å². The molecule has 0 rings (SSSR count). The first-order chi connectivity index (χ1) is 3.18. The van der Waals surface area contributed by atoms with E-state index in [9.17, 15) is 0 Å². The first-order valence-electron chi connectivity index (χ1n) is 2.13. The Hall–Kier alpha value is -0.410. The van der Waals surface area contributed by atoms with Gasteiger partial charge in [0.1, 0.15) is 0 Å². The molecule has 0 fully saturated rings. The first-order valence-corrected chi connectivity index (χ1v) is 2.13. The summed E-state index contributed by atoms with van der Waals surface area (Å²) >= 11 is 0. The Labute approximate surface area is 43.4 Å². The van der Waals surface area contributed by atoms with Crippen LogP contribution in [0.25, 0.3) is 0 Å². The van der Waals surface area contributed by atoms with Crippen LogP contribution in [0.4, 0.5) is 0 Å². The molecule has 0 radical (unpaired) electrons. The standard InChI is InChI=1S/C4H11N3/c1-3(7-2)4(5)6/h4H,5-6H2,1-2H3. The van der Waals surface area contributed by atoms with Gasteiger partial charge in [0.25, 0.3) is 0 Å². The lowest BCUT2D eigenvalue weighted by molar-refractivity contribution is 0.912. The lowest BCUT2D eigenvalue weighted by Gasteiger charge is -1.99. The van der Waals surface area contributed by atoms with Crippen LogP contribution in [-0.4, -0.2) is 18.9 Å². The Kier molecular flexibility index (Phi) is 2.55. The fraction of sp³-hybridized carbons (Fsp3) is 0.750. The van der Waals surface area contributed by atoms with E-state index in [0.29, 0.717) is 0 Å². The number of nitrogens with zero attached hydrogens (tertiary/aromatic N) is 1. The molecule has 0 spiro atoms. The summed E-state index contributed by atoms with van der Waals surface area (Å²) in [4.78, 5) is 3.75. The average molecular weight is 101 g/mol. The van der Waals surface area contributed by atoms with Gasteiger partial charge in [-0.1, -0.05) is 0 Å². The monoisotopic (exact) mass is 101 g/mol. The van der Waals surface area contributed by atoms with Crippen LogP contribution in [0.3, 0.4) is 0 Å². The van der Waals surface area contributed by atoms with Gasteiger partial charge in [-0.2, -0.15) is 0 Å². The molecule has 7 heavy (non-hydrogen) atoms. The van der Waals surface area contributed by atoms with Crippen molar-refractivity contribution in [1.29, 1.82) is 0 Å². The Balaban J connectivity index is 3.56. The highest BCUT2D eigenvalue weighted by atomic mass is 14.9. The molecule has 3 nitrogen and oxygen atoms in total. The number of hydrogen-bond acceptors (Lipinski definition) is 3. The van der Waals surface area contributed by atoms with Gasteiger partial charge < -0.3 is 11.5 Å². The Morgan fingerprint density at radius 1 is 1.57 bits per heavy atom. The van der Waals surface area contributed by atoms with Gasteiger partial charge in [-0.25, -0.2) is 0 Å². The molecule has 0 atom stereocenters. The van der Waals surface area contributed by atoms with E-state index in [0.717, 1.165) is 5.71 Å². The van der Waals surface area contributed by atoms with E-state index in [2.05, 4.69) is 4.99 Å². The normalized spacial score (nSPS) is 13.0. The largest absolute Gasteiger partial charge is 0.311 e. The quantitative estimate of drug-likeness (QED) is 0.339. The Morgan fingerprint density at radius 3 is 2.00 bits per heavy atom. The third kappa shape index (κ3) is 2.31. The molecule has 4 N–H and O–H groups in total. The molecule has 3 heteroatoms. The van der Waals surface area contributed by atoms with Crippen LogP contribution < -0.4 is 11.5 Å². The van der Waals surface area contributed by atoms with Crippen LogP contribution in [0.15, 0.2) is 4.99 Å². The SMILES string of the molecule is CN=C(C)C(N)N.